The van der Waals surface area contributed by atoms with E-state index in [-0.39, 0.29) is 6.03 Å². The Hall–Kier alpha value is -3.07. The van der Waals surface area contributed by atoms with Crippen LogP contribution in [0.2, 0.25) is 0 Å². The first kappa shape index (κ1) is 17.3. The van der Waals surface area contributed by atoms with Crippen molar-refractivity contribution in [1.82, 2.24) is 4.90 Å². The number of urea groups is 1. The van der Waals surface area contributed by atoms with Crippen LogP contribution < -0.4 is 4.90 Å². The van der Waals surface area contributed by atoms with Crippen LogP contribution in [0, 0.1) is 0 Å². The maximum absolute atomic E-state index is 13.4. The standard InChI is InChI=1S/C24H24N2O/c27-24(25-18-16-21(17-19-25)20-10-4-1-5-11-20)26(22-12-6-2-7-13-22)23-14-8-3-9-15-23/h1-15,21H,16-19H2. The fourth-order valence-electron chi connectivity index (χ4n) is 3.79. The maximum atomic E-state index is 13.4. The minimum Gasteiger partial charge on any atom is -0.324 e. The number of carbonyl (C=O) groups is 1. The van der Waals surface area contributed by atoms with E-state index in [0.717, 1.165) is 37.3 Å². The number of anilines is 2. The molecule has 0 saturated carbocycles. The third-order valence-corrected chi connectivity index (χ3v) is 5.26. The lowest BCUT2D eigenvalue weighted by molar-refractivity contribution is 0.190. The number of nitrogens with zero attached hydrogens (tertiary/aromatic N) is 2. The first-order chi connectivity index (χ1) is 13.3. The normalized spacial score (nSPS) is 14.7. The number of amides is 2. The van der Waals surface area contributed by atoms with Gasteiger partial charge in [-0.1, -0.05) is 66.7 Å². The van der Waals surface area contributed by atoms with E-state index < -0.39 is 0 Å². The quantitative estimate of drug-likeness (QED) is 0.579. The number of benzene rings is 3. The lowest BCUT2D eigenvalue weighted by Gasteiger charge is -2.36. The van der Waals surface area contributed by atoms with Crippen LogP contribution in [0.4, 0.5) is 16.2 Å². The molecule has 136 valence electrons. The summed E-state index contributed by atoms with van der Waals surface area (Å²) in [5.41, 5.74) is 3.19. The van der Waals surface area contributed by atoms with E-state index >= 15 is 0 Å². The van der Waals surface area contributed by atoms with E-state index in [0.29, 0.717) is 5.92 Å². The number of hydrogen-bond acceptors (Lipinski definition) is 1. The van der Waals surface area contributed by atoms with Gasteiger partial charge in [0.15, 0.2) is 0 Å². The molecule has 4 rings (SSSR count). The molecule has 3 aromatic rings. The second-order valence-electron chi connectivity index (χ2n) is 6.96. The molecule has 3 heteroatoms. The number of carbonyl (C=O) groups excluding carboxylic acids is 1. The zero-order valence-electron chi connectivity index (χ0n) is 15.4. The smallest absolute Gasteiger partial charge is 0.324 e. The molecule has 1 heterocycles. The van der Waals surface area contributed by atoms with Gasteiger partial charge >= 0.3 is 6.03 Å². The van der Waals surface area contributed by atoms with Crippen LogP contribution in [-0.4, -0.2) is 24.0 Å². The zero-order chi connectivity index (χ0) is 18.5. The van der Waals surface area contributed by atoms with E-state index in [1.165, 1.54) is 5.56 Å². The van der Waals surface area contributed by atoms with Crippen molar-refractivity contribution in [1.29, 1.82) is 0 Å². The zero-order valence-corrected chi connectivity index (χ0v) is 15.4. The molecular formula is C24H24N2O. The number of para-hydroxylation sites is 2. The summed E-state index contributed by atoms with van der Waals surface area (Å²) in [7, 11) is 0. The molecule has 0 spiro atoms. The van der Waals surface area contributed by atoms with Gasteiger partial charge in [0, 0.05) is 13.1 Å². The molecule has 1 aliphatic heterocycles. The number of piperidine rings is 1. The summed E-state index contributed by atoms with van der Waals surface area (Å²) in [5.74, 6) is 0.539. The molecule has 0 bridgehead atoms. The lowest BCUT2D eigenvalue weighted by Crippen LogP contribution is -2.44. The van der Waals surface area contributed by atoms with Crippen LogP contribution in [0.15, 0.2) is 91.0 Å². The van der Waals surface area contributed by atoms with Crippen LogP contribution in [-0.2, 0) is 0 Å². The summed E-state index contributed by atoms with van der Waals surface area (Å²) in [6, 6.07) is 30.5. The van der Waals surface area contributed by atoms with E-state index in [1.807, 2.05) is 70.5 Å². The number of hydrogen-bond donors (Lipinski definition) is 0. The van der Waals surface area contributed by atoms with E-state index in [1.54, 1.807) is 0 Å². The Bertz CT molecular complexity index is 817. The minimum atomic E-state index is 0.0545. The second kappa shape index (κ2) is 8.09. The Balaban J connectivity index is 1.53. The lowest BCUT2D eigenvalue weighted by atomic mass is 9.89. The van der Waals surface area contributed by atoms with E-state index in [2.05, 4.69) is 30.3 Å². The SMILES string of the molecule is O=C(N1CCC(c2ccccc2)CC1)N(c1ccccc1)c1ccccc1. The minimum absolute atomic E-state index is 0.0545. The summed E-state index contributed by atoms with van der Waals surface area (Å²) < 4.78 is 0. The molecule has 27 heavy (non-hydrogen) atoms. The Morgan fingerprint density at radius 1 is 0.704 bits per heavy atom. The molecule has 1 aliphatic rings. The highest BCUT2D eigenvalue weighted by atomic mass is 16.2. The molecule has 3 aromatic carbocycles. The molecule has 0 unspecified atom stereocenters. The first-order valence-electron chi connectivity index (χ1n) is 9.57. The van der Waals surface area contributed by atoms with Crippen LogP contribution in [0.1, 0.15) is 24.3 Å². The van der Waals surface area contributed by atoms with Gasteiger partial charge in [0.1, 0.15) is 0 Å². The molecule has 0 radical (unpaired) electrons. The second-order valence-corrected chi connectivity index (χ2v) is 6.96. The predicted octanol–water partition coefficient (Wildman–Crippen LogP) is 5.82. The highest BCUT2D eigenvalue weighted by Gasteiger charge is 2.28. The third-order valence-electron chi connectivity index (χ3n) is 5.26. The van der Waals surface area contributed by atoms with Gasteiger partial charge in [-0.2, -0.15) is 0 Å². The van der Waals surface area contributed by atoms with Crippen molar-refractivity contribution >= 4 is 17.4 Å². The van der Waals surface area contributed by atoms with Crippen LogP contribution in [0.3, 0.4) is 0 Å². The van der Waals surface area contributed by atoms with Crippen molar-refractivity contribution in [3.05, 3.63) is 96.6 Å². The third kappa shape index (κ3) is 3.87. The highest BCUT2D eigenvalue weighted by molar-refractivity contribution is 5.99. The van der Waals surface area contributed by atoms with Gasteiger partial charge in [-0.3, -0.25) is 4.90 Å². The van der Waals surface area contributed by atoms with E-state index in [9.17, 15) is 4.79 Å². The Morgan fingerprint density at radius 3 is 1.63 bits per heavy atom. The van der Waals surface area contributed by atoms with Gasteiger partial charge in [0.25, 0.3) is 0 Å². The average Bonchev–Trinajstić information content (AvgIpc) is 2.76. The van der Waals surface area contributed by atoms with Crippen molar-refractivity contribution in [3.63, 3.8) is 0 Å². The fourth-order valence-corrected chi connectivity index (χ4v) is 3.79. The topological polar surface area (TPSA) is 23.6 Å². The Kier molecular flexibility index (Phi) is 5.20. The van der Waals surface area contributed by atoms with Gasteiger partial charge in [-0.05, 0) is 48.6 Å². The molecule has 1 fully saturated rings. The Morgan fingerprint density at radius 2 is 1.15 bits per heavy atom. The number of rotatable bonds is 3. The van der Waals surface area contributed by atoms with Gasteiger partial charge in [0.2, 0.25) is 0 Å². The van der Waals surface area contributed by atoms with Crippen molar-refractivity contribution in [2.24, 2.45) is 0 Å². The molecule has 0 aromatic heterocycles. The summed E-state index contributed by atoms with van der Waals surface area (Å²) in [5, 5.41) is 0. The van der Waals surface area contributed by atoms with Crippen molar-refractivity contribution < 1.29 is 4.79 Å². The molecule has 2 amide bonds. The fraction of sp³-hybridized carbons (Fsp3) is 0.208. The molecule has 0 atom stereocenters. The van der Waals surface area contributed by atoms with Gasteiger partial charge in [-0.15, -0.1) is 0 Å². The van der Waals surface area contributed by atoms with Crippen molar-refractivity contribution in [3.8, 4) is 0 Å². The summed E-state index contributed by atoms with van der Waals surface area (Å²) in [4.78, 5) is 17.2. The molecular weight excluding hydrogens is 332 g/mol. The van der Waals surface area contributed by atoms with Crippen LogP contribution >= 0.6 is 0 Å². The van der Waals surface area contributed by atoms with Gasteiger partial charge in [-0.25, -0.2) is 4.79 Å². The first-order valence-corrected chi connectivity index (χ1v) is 9.57. The largest absolute Gasteiger partial charge is 0.329 e. The number of likely N-dealkylation sites (tertiary alicyclic amines) is 1. The monoisotopic (exact) mass is 356 g/mol. The van der Waals surface area contributed by atoms with Crippen molar-refractivity contribution in [2.75, 3.05) is 18.0 Å². The predicted molar refractivity (Wildman–Crippen MR) is 110 cm³/mol. The van der Waals surface area contributed by atoms with E-state index in [4.69, 9.17) is 0 Å². The molecule has 1 saturated heterocycles. The maximum Gasteiger partial charge on any atom is 0.329 e. The molecule has 3 nitrogen and oxygen atoms in total. The van der Waals surface area contributed by atoms with Gasteiger partial charge < -0.3 is 4.90 Å². The molecule has 0 N–H and O–H groups in total. The molecule has 0 aliphatic carbocycles. The average molecular weight is 356 g/mol. The Labute approximate surface area is 160 Å². The van der Waals surface area contributed by atoms with Crippen LogP contribution in [0.25, 0.3) is 0 Å². The van der Waals surface area contributed by atoms with Crippen LogP contribution in [0.5, 0.6) is 0 Å². The van der Waals surface area contributed by atoms with Gasteiger partial charge in [0.05, 0.1) is 11.4 Å². The summed E-state index contributed by atoms with van der Waals surface area (Å²) in [6.45, 7) is 1.57. The van der Waals surface area contributed by atoms with Crippen molar-refractivity contribution in [2.45, 2.75) is 18.8 Å². The summed E-state index contributed by atoms with van der Waals surface area (Å²) >= 11 is 0. The highest BCUT2D eigenvalue weighted by Crippen LogP contribution is 2.31. The summed E-state index contributed by atoms with van der Waals surface area (Å²) in [6.07, 6.45) is 2.01.